The fourth-order valence-corrected chi connectivity index (χ4v) is 6.34. The van der Waals surface area contributed by atoms with Crippen LogP contribution in [0.15, 0.2) is 108 Å². The molecule has 220 valence electrons. The molecule has 3 nitrogen and oxygen atoms in total. The molecular formula is C41H40N2O. The van der Waals surface area contributed by atoms with Gasteiger partial charge in [-0.2, -0.15) is 0 Å². The minimum atomic E-state index is -0.911. The Balaban J connectivity index is 1.48. The summed E-state index contributed by atoms with van der Waals surface area (Å²) in [4.78, 5) is 5.20. The topological polar surface area (TPSA) is 31.0 Å². The van der Waals surface area contributed by atoms with E-state index in [9.17, 15) is 0 Å². The van der Waals surface area contributed by atoms with E-state index in [1.165, 1.54) is 5.56 Å². The van der Waals surface area contributed by atoms with Gasteiger partial charge in [0.1, 0.15) is 17.0 Å². The van der Waals surface area contributed by atoms with Gasteiger partial charge in [0.15, 0.2) is 0 Å². The summed E-state index contributed by atoms with van der Waals surface area (Å²) in [5.74, 6) is -1.09. The average Bonchev–Trinajstić information content (AvgIpc) is 3.57. The second-order valence-corrected chi connectivity index (χ2v) is 13.3. The third-order valence-electron chi connectivity index (χ3n) is 8.72. The zero-order valence-corrected chi connectivity index (χ0v) is 26.6. The first-order chi connectivity index (χ1) is 21.7. The largest absolute Gasteiger partial charge is 0.455 e. The molecule has 3 heteroatoms. The molecule has 0 N–H and O–H groups in total. The SMILES string of the molecule is [2H]C(C)(C)c1cccc(C([2H])(C)C)c1-n1c(-c2cccc3c2oc2cc(-c4ccc(C(C)(C)C)cc4)ccc23)nc2ccccc21. The number of hydrogen-bond acceptors (Lipinski definition) is 2. The Morgan fingerprint density at radius 1 is 0.705 bits per heavy atom. The van der Waals surface area contributed by atoms with E-state index in [-0.39, 0.29) is 5.41 Å². The van der Waals surface area contributed by atoms with Crippen LogP contribution in [0.5, 0.6) is 0 Å². The molecule has 7 aromatic rings. The van der Waals surface area contributed by atoms with Gasteiger partial charge in [-0.25, -0.2) is 4.98 Å². The van der Waals surface area contributed by atoms with Crippen molar-refractivity contribution in [3.63, 3.8) is 0 Å². The zero-order chi connectivity index (χ0) is 32.6. The molecular weight excluding hydrogens is 536 g/mol. The van der Waals surface area contributed by atoms with Gasteiger partial charge in [-0.1, -0.05) is 121 Å². The molecule has 0 bridgehead atoms. The molecule has 0 aliphatic rings. The Labute approximate surface area is 263 Å². The number of hydrogen-bond donors (Lipinski definition) is 0. The molecule has 0 spiro atoms. The Kier molecular flexibility index (Phi) is 6.18. The fourth-order valence-electron chi connectivity index (χ4n) is 6.34. The number of benzene rings is 5. The lowest BCUT2D eigenvalue weighted by atomic mass is 9.86. The van der Waals surface area contributed by atoms with E-state index in [0.29, 0.717) is 0 Å². The smallest absolute Gasteiger partial charge is 0.149 e. The quantitative estimate of drug-likeness (QED) is 0.203. The second kappa shape index (κ2) is 10.5. The minimum Gasteiger partial charge on any atom is -0.455 e. The van der Waals surface area contributed by atoms with Crippen molar-refractivity contribution >= 4 is 33.0 Å². The minimum absolute atomic E-state index is 0.0994. The number of aromatic nitrogens is 2. The van der Waals surface area contributed by atoms with Gasteiger partial charge in [0, 0.05) is 13.5 Å². The van der Waals surface area contributed by atoms with E-state index in [2.05, 4.69) is 92.1 Å². The summed E-state index contributed by atoms with van der Waals surface area (Å²) in [5, 5.41) is 2.08. The van der Waals surface area contributed by atoms with E-state index in [0.717, 1.165) is 72.3 Å². The first-order valence-corrected chi connectivity index (χ1v) is 15.4. The maximum Gasteiger partial charge on any atom is 0.149 e. The highest BCUT2D eigenvalue weighted by Gasteiger charge is 2.24. The van der Waals surface area contributed by atoms with Gasteiger partial charge in [0.25, 0.3) is 0 Å². The van der Waals surface area contributed by atoms with Crippen molar-refractivity contribution in [1.29, 1.82) is 0 Å². The van der Waals surface area contributed by atoms with Gasteiger partial charge >= 0.3 is 0 Å². The molecule has 0 unspecified atom stereocenters. The standard InChI is InChI=1S/C41H40N2O/c1-25(2)30-12-10-13-31(26(3)4)38(30)43-36-17-9-8-16-35(36)42-40(43)34-15-11-14-33-32-23-20-28(24-37(32)44-39(33)34)27-18-21-29(22-19-27)41(5,6)7/h8-26H,1-7H3/i25D,26D. The molecule has 0 aliphatic heterocycles. The number of nitrogens with zero attached hydrogens (tertiary/aromatic N) is 2. The highest BCUT2D eigenvalue weighted by Crippen LogP contribution is 2.41. The molecule has 0 aliphatic carbocycles. The van der Waals surface area contributed by atoms with Crippen LogP contribution in [0.1, 0.15) is 79.7 Å². The molecule has 44 heavy (non-hydrogen) atoms. The van der Waals surface area contributed by atoms with E-state index in [1.54, 1.807) is 0 Å². The maximum absolute atomic E-state index is 9.12. The van der Waals surface area contributed by atoms with Crippen molar-refractivity contribution in [2.24, 2.45) is 0 Å². The van der Waals surface area contributed by atoms with Crippen LogP contribution >= 0.6 is 0 Å². The summed E-state index contributed by atoms with van der Waals surface area (Å²) in [7, 11) is 0. The summed E-state index contributed by atoms with van der Waals surface area (Å²) >= 11 is 0. The summed E-state index contributed by atoms with van der Waals surface area (Å²) in [6.07, 6.45) is 0. The monoisotopic (exact) mass is 578 g/mol. The summed E-state index contributed by atoms with van der Waals surface area (Å²) < 4.78 is 27.1. The lowest BCUT2D eigenvalue weighted by Gasteiger charge is -2.22. The summed E-state index contributed by atoms with van der Waals surface area (Å²) in [6.45, 7) is 14.3. The first kappa shape index (κ1) is 25.8. The van der Waals surface area contributed by atoms with Crippen molar-refractivity contribution < 1.29 is 7.16 Å². The van der Waals surface area contributed by atoms with E-state index >= 15 is 0 Å². The predicted molar refractivity (Wildman–Crippen MR) is 186 cm³/mol. The van der Waals surface area contributed by atoms with E-state index < -0.39 is 11.8 Å². The highest BCUT2D eigenvalue weighted by molar-refractivity contribution is 6.10. The van der Waals surface area contributed by atoms with Crippen LogP contribution in [0.2, 0.25) is 0 Å². The summed E-state index contributed by atoms with van der Waals surface area (Å²) in [6, 6.07) is 35.6. The predicted octanol–water partition coefficient (Wildman–Crippen LogP) is 11.8. The molecule has 5 aromatic carbocycles. The molecule has 0 saturated carbocycles. The van der Waals surface area contributed by atoms with Crippen molar-refractivity contribution in [2.45, 2.75) is 65.7 Å². The van der Waals surface area contributed by atoms with Crippen molar-refractivity contribution in [3.8, 4) is 28.2 Å². The lowest BCUT2D eigenvalue weighted by Crippen LogP contribution is -2.10. The van der Waals surface area contributed by atoms with Gasteiger partial charge in [-0.3, -0.25) is 4.57 Å². The van der Waals surface area contributed by atoms with Gasteiger partial charge in [0.05, 0.1) is 22.3 Å². The molecule has 0 atom stereocenters. The van der Waals surface area contributed by atoms with Gasteiger partial charge < -0.3 is 4.42 Å². The van der Waals surface area contributed by atoms with Crippen LogP contribution in [0, 0.1) is 0 Å². The number of furan rings is 1. The van der Waals surface area contributed by atoms with Gasteiger partial charge in [-0.15, -0.1) is 0 Å². The van der Waals surface area contributed by atoms with Crippen molar-refractivity contribution in [2.75, 3.05) is 0 Å². The molecule has 2 heterocycles. The van der Waals surface area contributed by atoms with Gasteiger partial charge in [0.2, 0.25) is 0 Å². The van der Waals surface area contributed by atoms with Gasteiger partial charge in [-0.05, 0) is 75.4 Å². The van der Waals surface area contributed by atoms with E-state index in [1.807, 2.05) is 64.1 Å². The van der Waals surface area contributed by atoms with Crippen LogP contribution in [0.4, 0.5) is 0 Å². The van der Waals surface area contributed by atoms with Crippen LogP contribution in [-0.4, -0.2) is 9.55 Å². The number of fused-ring (bicyclic) bond motifs is 4. The zero-order valence-electron chi connectivity index (χ0n) is 28.6. The number of imidazole rings is 1. The Hall–Kier alpha value is -4.63. The summed E-state index contributed by atoms with van der Waals surface area (Å²) in [5.41, 5.74) is 10.4. The fraction of sp³-hybridized carbons (Fsp3) is 0.244. The van der Waals surface area contributed by atoms with Crippen LogP contribution in [0.25, 0.3) is 61.2 Å². The maximum atomic E-state index is 9.12. The third-order valence-corrected chi connectivity index (χ3v) is 8.72. The van der Waals surface area contributed by atoms with Crippen molar-refractivity contribution in [3.05, 3.63) is 120 Å². The molecule has 2 aromatic heterocycles. The highest BCUT2D eigenvalue weighted by atomic mass is 16.3. The average molecular weight is 579 g/mol. The Bertz CT molecular complexity index is 2220. The molecule has 0 fully saturated rings. The lowest BCUT2D eigenvalue weighted by molar-refractivity contribution is 0.590. The van der Waals surface area contributed by atoms with Crippen LogP contribution in [-0.2, 0) is 5.41 Å². The first-order valence-electron chi connectivity index (χ1n) is 16.4. The number of para-hydroxylation sites is 4. The molecule has 0 radical (unpaired) electrons. The normalized spacial score (nSPS) is 13.5. The van der Waals surface area contributed by atoms with Crippen molar-refractivity contribution in [1.82, 2.24) is 9.55 Å². The molecule has 7 rings (SSSR count). The third kappa shape index (κ3) is 4.63. The van der Waals surface area contributed by atoms with Crippen LogP contribution in [0.3, 0.4) is 0 Å². The second-order valence-electron chi connectivity index (χ2n) is 13.3. The Morgan fingerprint density at radius 2 is 1.36 bits per heavy atom. The number of rotatable bonds is 5. The Morgan fingerprint density at radius 3 is 2.05 bits per heavy atom. The van der Waals surface area contributed by atoms with Crippen LogP contribution < -0.4 is 0 Å². The van der Waals surface area contributed by atoms with E-state index in [4.69, 9.17) is 12.1 Å². The molecule has 0 amide bonds. The molecule has 0 saturated heterocycles.